The summed E-state index contributed by atoms with van der Waals surface area (Å²) in [7, 11) is 0. The first-order valence-corrected chi connectivity index (χ1v) is 5.22. The van der Waals surface area contributed by atoms with Crippen molar-refractivity contribution in [3.63, 3.8) is 0 Å². The summed E-state index contributed by atoms with van der Waals surface area (Å²) in [5.74, 6) is 0. The van der Waals surface area contributed by atoms with Gasteiger partial charge >= 0.3 is 0 Å². The third-order valence-electron chi connectivity index (χ3n) is 1.44. The van der Waals surface area contributed by atoms with Gasteiger partial charge in [-0.1, -0.05) is 0 Å². The molecule has 0 saturated heterocycles. The number of halogens is 2. The van der Waals surface area contributed by atoms with E-state index in [0.717, 1.165) is 9.35 Å². The monoisotopic (exact) mass is 370 g/mol. The molecule has 0 saturated carbocycles. The second-order valence-electron chi connectivity index (χ2n) is 2.13. The predicted molar refractivity (Wildman–Crippen MR) is 60.6 cm³/mol. The zero-order chi connectivity index (χ0) is 7.84. The van der Waals surface area contributed by atoms with E-state index in [9.17, 15) is 0 Å². The number of imidazole rings is 1. The van der Waals surface area contributed by atoms with Gasteiger partial charge in [-0.2, -0.15) is 0 Å². The molecule has 2 nitrogen and oxygen atoms in total. The molecule has 2 aromatic rings. The summed E-state index contributed by atoms with van der Waals surface area (Å²) < 4.78 is 4.41. The van der Waals surface area contributed by atoms with Crippen LogP contribution in [0.1, 0.15) is 0 Å². The van der Waals surface area contributed by atoms with Crippen molar-refractivity contribution in [3.8, 4) is 0 Å². The number of hydrogen-bond acceptors (Lipinski definition) is 1. The molecule has 0 aliphatic carbocycles. The number of hydrogen-bond donors (Lipinski definition) is 0. The Balaban J connectivity index is 2.94. The first-order valence-electron chi connectivity index (χ1n) is 3.06. The lowest BCUT2D eigenvalue weighted by molar-refractivity contribution is 1.14. The standard InChI is InChI=1S/C7H4I2N2/c8-5-2-1-3-11-6(9)4-10-7(5)11/h1-4H. The summed E-state index contributed by atoms with van der Waals surface area (Å²) in [6.45, 7) is 0. The minimum Gasteiger partial charge on any atom is -0.294 e. The van der Waals surface area contributed by atoms with Crippen LogP contribution in [0.2, 0.25) is 0 Å². The van der Waals surface area contributed by atoms with Gasteiger partial charge in [0, 0.05) is 6.20 Å². The summed E-state index contributed by atoms with van der Waals surface area (Å²) in [5, 5.41) is 0. The van der Waals surface area contributed by atoms with E-state index in [1.807, 2.05) is 18.5 Å². The number of aromatic nitrogens is 2. The lowest BCUT2D eigenvalue weighted by atomic mass is 10.5. The van der Waals surface area contributed by atoms with Crippen molar-refractivity contribution < 1.29 is 0 Å². The SMILES string of the molecule is Ic1cccn2c(I)cnc12. The highest BCUT2D eigenvalue weighted by atomic mass is 127. The van der Waals surface area contributed by atoms with E-state index in [0.29, 0.717) is 0 Å². The molecular formula is C7H4I2N2. The average molecular weight is 370 g/mol. The molecule has 0 aliphatic rings. The van der Waals surface area contributed by atoms with E-state index >= 15 is 0 Å². The fraction of sp³-hybridized carbons (Fsp3) is 0. The van der Waals surface area contributed by atoms with Crippen molar-refractivity contribution in [2.24, 2.45) is 0 Å². The van der Waals surface area contributed by atoms with Crippen molar-refractivity contribution >= 4 is 50.8 Å². The van der Waals surface area contributed by atoms with Crippen LogP contribution in [0.25, 0.3) is 5.65 Å². The Morgan fingerprint density at radius 3 is 2.91 bits per heavy atom. The third kappa shape index (κ3) is 1.26. The first kappa shape index (κ1) is 7.78. The van der Waals surface area contributed by atoms with Gasteiger partial charge in [0.25, 0.3) is 0 Å². The van der Waals surface area contributed by atoms with Crippen LogP contribution in [0.5, 0.6) is 0 Å². The maximum atomic E-state index is 4.27. The molecule has 4 heteroatoms. The molecule has 0 bridgehead atoms. The molecule has 0 amide bonds. The zero-order valence-corrected chi connectivity index (χ0v) is 9.77. The van der Waals surface area contributed by atoms with Crippen molar-refractivity contribution in [1.82, 2.24) is 9.38 Å². The quantitative estimate of drug-likeness (QED) is 0.652. The Morgan fingerprint density at radius 2 is 2.18 bits per heavy atom. The molecule has 2 rings (SSSR count). The molecule has 56 valence electrons. The van der Waals surface area contributed by atoms with Crippen LogP contribution in [0.3, 0.4) is 0 Å². The summed E-state index contributed by atoms with van der Waals surface area (Å²) in [6, 6.07) is 4.08. The average Bonchev–Trinajstić information content (AvgIpc) is 2.35. The van der Waals surface area contributed by atoms with Gasteiger partial charge < -0.3 is 0 Å². The van der Waals surface area contributed by atoms with E-state index in [1.165, 1.54) is 3.57 Å². The molecule has 0 aromatic carbocycles. The molecule has 11 heavy (non-hydrogen) atoms. The molecule has 0 spiro atoms. The molecule has 2 aromatic heterocycles. The lowest BCUT2D eigenvalue weighted by Gasteiger charge is -1.94. The van der Waals surface area contributed by atoms with Gasteiger partial charge in [0.1, 0.15) is 3.70 Å². The van der Waals surface area contributed by atoms with Crippen LogP contribution in [0, 0.1) is 7.27 Å². The fourth-order valence-corrected chi connectivity index (χ4v) is 2.08. The molecular weight excluding hydrogens is 366 g/mol. The van der Waals surface area contributed by atoms with Crippen LogP contribution in [-0.4, -0.2) is 9.38 Å². The second-order valence-corrected chi connectivity index (χ2v) is 4.40. The van der Waals surface area contributed by atoms with Crippen LogP contribution in [0.15, 0.2) is 24.5 Å². The molecule has 0 atom stereocenters. The minimum atomic E-state index is 1.04. The van der Waals surface area contributed by atoms with Gasteiger partial charge in [0.15, 0.2) is 5.65 Å². The van der Waals surface area contributed by atoms with E-state index in [-0.39, 0.29) is 0 Å². The Labute approximate surface area is 91.3 Å². The van der Waals surface area contributed by atoms with Crippen molar-refractivity contribution in [1.29, 1.82) is 0 Å². The normalized spacial score (nSPS) is 10.7. The van der Waals surface area contributed by atoms with Crippen molar-refractivity contribution in [3.05, 3.63) is 31.8 Å². The molecule has 0 fully saturated rings. The van der Waals surface area contributed by atoms with Crippen LogP contribution >= 0.6 is 45.2 Å². The van der Waals surface area contributed by atoms with Gasteiger partial charge in [-0.15, -0.1) is 0 Å². The maximum absolute atomic E-state index is 4.27. The Morgan fingerprint density at radius 1 is 1.36 bits per heavy atom. The van der Waals surface area contributed by atoms with E-state index in [1.54, 1.807) is 0 Å². The van der Waals surface area contributed by atoms with Crippen molar-refractivity contribution in [2.75, 3.05) is 0 Å². The molecule has 0 aliphatic heterocycles. The van der Waals surface area contributed by atoms with Gasteiger partial charge in [-0.3, -0.25) is 4.40 Å². The Kier molecular flexibility index (Phi) is 2.04. The van der Waals surface area contributed by atoms with Gasteiger partial charge in [0.2, 0.25) is 0 Å². The molecule has 0 N–H and O–H groups in total. The van der Waals surface area contributed by atoms with Crippen molar-refractivity contribution in [2.45, 2.75) is 0 Å². The number of pyridine rings is 1. The van der Waals surface area contributed by atoms with E-state index in [2.05, 4.69) is 60.6 Å². The maximum Gasteiger partial charge on any atom is 0.151 e. The number of rotatable bonds is 0. The predicted octanol–water partition coefficient (Wildman–Crippen LogP) is 2.54. The zero-order valence-electron chi connectivity index (χ0n) is 5.46. The van der Waals surface area contributed by atoms with Gasteiger partial charge in [-0.25, -0.2) is 4.98 Å². The largest absolute Gasteiger partial charge is 0.294 e. The number of fused-ring (bicyclic) bond motifs is 1. The van der Waals surface area contributed by atoms with E-state index in [4.69, 9.17) is 0 Å². The topological polar surface area (TPSA) is 17.3 Å². The summed E-state index contributed by atoms with van der Waals surface area (Å²) in [5.41, 5.74) is 1.04. The summed E-state index contributed by atoms with van der Waals surface area (Å²) in [6.07, 6.45) is 3.89. The molecule has 0 unspecified atom stereocenters. The fourth-order valence-electron chi connectivity index (χ4n) is 0.947. The third-order valence-corrected chi connectivity index (χ3v) is 3.08. The Bertz CT molecular complexity index is 394. The molecule has 0 radical (unpaired) electrons. The molecule has 2 heterocycles. The second kappa shape index (κ2) is 2.89. The smallest absolute Gasteiger partial charge is 0.151 e. The highest BCUT2D eigenvalue weighted by Crippen LogP contribution is 2.14. The first-order chi connectivity index (χ1) is 5.29. The van der Waals surface area contributed by atoms with E-state index < -0.39 is 0 Å². The van der Waals surface area contributed by atoms with Crippen LogP contribution in [-0.2, 0) is 0 Å². The van der Waals surface area contributed by atoms with Crippen LogP contribution in [0.4, 0.5) is 0 Å². The summed E-state index contributed by atoms with van der Waals surface area (Å²) >= 11 is 4.55. The highest BCUT2D eigenvalue weighted by Gasteiger charge is 2.00. The Hall–Kier alpha value is 0.150. The lowest BCUT2D eigenvalue weighted by Crippen LogP contribution is -1.87. The van der Waals surface area contributed by atoms with Crippen LogP contribution < -0.4 is 0 Å². The van der Waals surface area contributed by atoms with Gasteiger partial charge in [0.05, 0.1) is 9.77 Å². The summed E-state index contributed by atoms with van der Waals surface area (Å²) in [4.78, 5) is 4.27. The number of nitrogens with zero attached hydrogens (tertiary/aromatic N) is 2. The minimum absolute atomic E-state index is 1.04. The van der Waals surface area contributed by atoms with Gasteiger partial charge in [-0.05, 0) is 57.3 Å². The highest BCUT2D eigenvalue weighted by molar-refractivity contribution is 14.1.